The standard InChI is InChI=1S/C20H20F3NO4.C20H18F3NO4.C11H12F3NO.C9H8O4.CH4.HI/c2*21-20(22,23)17-3-1-2-4-18(17)28-16-9-10-24(11-16)19(26)13-27-15-7-5-14(12-25)6-8-15;12-11(13,14)9-3-1-2-4-10(9)16-8-5-6-15-7-8;10-5-7-1-3-8(4-2-7)13-6-9(11)12;;/h1-8,16,25H,9-13H2;1-8,12,16H,9-11,13H2;1-4,8,15H,5-7H2;1-5H,6H2,(H,11,12);1H4;1H/t2*16-;8-;;;/m000.../s1. The monoisotopic (exact) mass is 1340 g/mol. The number of carbonyl (C=O) groups is 5. The van der Waals surface area contributed by atoms with Crippen molar-refractivity contribution in [1.29, 1.82) is 0 Å². The molecule has 3 heterocycles. The average molecular weight is 1340 g/mol. The number of aliphatic carboxylic acids is 1. The van der Waals surface area contributed by atoms with Gasteiger partial charge in [-0.05, 0) is 116 Å². The lowest BCUT2D eigenvalue weighted by Gasteiger charge is -2.19. The van der Waals surface area contributed by atoms with E-state index in [1.807, 2.05) is 0 Å². The predicted molar refractivity (Wildman–Crippen MR) is 310 cm³/mol. The van der Waals surface area contributed by atoms with Gasteiger partial charge < -0.3 is 53.8 Å². The number of nitrogens with zero attached hydrogens (tertiary/aromatic N) is 2. The van der Waals surface area contributed by atoms with E-state index in [1.54, 1.807) is 78.9 Å². The summed E-state index contributed by atoms with van der Waals surface area (Å²) in [5.41, 5.74) is -0.601. The number of aliphatic hydroxyl groups is 1. The van der Waals surface area contributed by atoms with Crippen molar-refractivity contribution in [3.8, 4) is 34.5 Å². The fourth-order valence-electron chi connectivity index (χ4n) is 8.37. The number of aldehydes is 2. The van der Waals surface area contributed by atoms with Crippen LogP contribution < -0.4 is 33.7 Å². The number of aliphatic hydroxyl groups excluding tert-OH is 1. The SMILES string of the molecule is C.FC(F)(F)c1ccccc1O[C@H]1CCNC1.I.O=C(COc1ccc(CO)cc1)N1CC[C@H](Oc2ccccc2C(F)(F)F)C1.O=Cc1ccc(OCC(=O)N2CC[C@H](Oc3ccccc3C(F)(F)F)C2)cc1.O=Cc1ccc(OCC(=O)O)cc1. The van der Waals surface area contributed by atoms with Gasteiger partial charge in [0.05, 0.1) is 36.4 Å². The maximum atomic E-state index is 13.1. The lowest BCUT2D eigenvalue weighted by atomic mass is 10.2. The van der Waals surface area contributed by atoms with Gasteiger partial charge in [-0.2, -0.15) is 39.5 Å². The zero-order chi connectivity index (χ0) is 61.6. The number of carbonyl (C=O) groups excluding carboxylic acids is 4. The number of amides is 2. The number of rotatable bonds is 18. The molecule has 16 nitrogen and oxygen atoms in total. The van der Waals surface area contributed by atoms with Crippen LogP contribution in [0, 0.1) is 0 Å². The summed E-state index contributed by atoms with van der Waals surface area (Å²) < 4.78 is 148. The molecular formula is C61H63F9IN3O13. The number of nitrogens with one attached hydrogen (secondary N) is 1. The van der Waals surface area contributed by atoms with Gasteiger partial charge in [-0.15, -0.1) is 24.0 Å². The Morgan fingerprint density at radius 1 is 0.506 bits per heavy atom. The van der Waals surface area contributed by atoms with Crippen LogP contribution in [0.3, 0.4) is 0 Å². The van der Waals surface area contributed by atoms with Crippen molar-refractivity contribution >= 4 is 54.3 Å². The normalized spacial score (nSPS) is 16.0. The first kappa shape index (κ1) is 71.4. The molecule has 87 heavy (non-hydrogen) atoms. The lowest BCUT2D eigenvalue weighted by Crippen LogP contribution is -2.34. The van der Waals surface area contributed by atoms with E-state index in [0.29, 0.717) is 73.4 Å². The largest absolute Gasteiger partial charge is 0.488 e. The van der Waals surface area contributed by atoms with Gasteiger partial charge in [0.25, 0.3) is 11.8 Å². The highest BCUT2D eigenvalue weighted by atomic mass is 127. The molecule has 0 spiro atoms. The van der Waals surface area contributed by atoms with Crippen LogP contribution in [-0.4, -0.2) is 128 Å². The summed E-state index contributed by atoms with van der Waals surface area (Å²) in [6.45, 7) is 1.74. The molecule has 3 aliphatic heterocycles. The van der Waals surface area contributed by atoms with E-state index in [9.17, 15) is 63.5 Å². The molecule has 0 radical (unpaired) electrons. The summed E-state index contributed by atoms with van der Waals surface area (Å²) in [4.78, 5) is 58.6. The van der Waals surface area contributed by atoms with Crippen LogP contribution in [0.5, 0.6) is 34.5 Å². The Labute approximate surface area is 512 Å². The second kappa shape index (κ2) is 34.3. The summed E-state index contributed by atoms with van der Waals surface area (Å²) >= 11 is 0. The van der Waals surface area contributed by atoms with Crippen molar-refractivity contribution < 1.29 is 102 Å². The molecule has 470 valence electrons. The molecule has 3 saturated heterocycles. The van der Waals surface area contributed by atoms with E-state index >= 15 is 0 Å². The molecule has 0 aliphatic carbocycles. The zero-order valence-electron chi connectivity index (χ0n) is 45.5. The molecule has 0 unspecified atom stereocenters. The minimum absolute atomic E-state index is 0. The molecule has 0 saturated carbocycles. The number of ether oxygens (including phenoxy) is 6. The second-order valence-electron chi connectivity index (χ2n) is 18.9. The second-order valence-corrected chi connectivity index (χ2v) is 18.9. The molecule has 6 aromatic carbocycles. The number of benzene rings is 6. The number of para-hydroxylation sites is 3. The molecule has 0 bridgehead atoms. The summed E-state index contributed by atoms with van der Waals surface area (Å²) in [6.07, 6.45) is -11.5. The molecule has 26 heteroatoms. The third-order valence-electron chi connectivity index (χ3n) is 12.7. The highest BCUT2D eigenvalue weighted by molar-refractivity contribution is 14.0. The van der Waals surface area contributed by atoms with Gasteiger partial charge in [-0.25, -0.2) is 4.79 Å². The van der Waals surface area contributed by atoms with Gasteiger partial charge in [0.1, 0.15) is 65.4 Å². The smallest absolute Gasteiger partial charge is 0.419 e. The number of hydrogen-bond acceptors (Lipinski definition) is 13. The number of carboxylic acids is 1. The molecule has 3 atom stereocenters. The Morgan fingerprint density at radius 2 is 0.851 bits per heavy atom. The highest BCUT2D eigenvalue weighted by Gasteiger charge is 2.38. The first-order valence-electron chi connectivity index (χ1n) is 26.2. The van der Waals surface area contributed by atoms with Crippen LogP contribution in [0.1, 0.15) is 69.7 Å². The van der Waals surface area contributed by atoms with Crippen LogP contribution in [0.15, 0.2) is 146 Å². The third kappa shape index (κ3) is 23.3. The summed E-state index contributed by atoms with van der Waals surface area (Å²) in [5.74, 6) is -0.732. The summed E-state index contributed by atoms with van der Waals surface area (Å²) in [7, 11) is 0. The number of halogens is 10. The van der Waals surface area contributed by atoms with Crippen LogP contribution in [0.2, 0.25) is 0 Å². The molecule has 2 amide bonds. The van der Waals surface area contributed by atoms with Gasteiger partial charge in [0, 0.05) is 43.6 Å². The average Bonchev–Trinajstić information content (AvgIpc) is 4.35. The Bertz CT molecular complexity index is 3110. The fourth-order valence-corrected chi connectivity index (χ4v) is 8.37. The molecule has 6 aromatic rings. The zero-order valence-corrected chi connectivity index (χ0v) is 47.9. The van der Waals surface area contributed by atoms with Crippen LogP contribution >= 0.6 is 24.0 Å². The van der Waals surface area contributed by atoms with Crippen molar-refractivity contribution in [2.45, 2.75) is 70.1 Å². The molecule has 3 N–H and O–H groups in total. The maximum Gasteiger partial charge on any atom is 0.419 e. The molecule has 3 aliphatic rings. The van der Waals surface area contributed by atoms with Gasteiger partial charge >= 0.3 is 24.5 Å². The van der Waals surface area contributed by atoms with Crippen LogP contribution in [0.4, 0.5) is 39.5 Å². The van der Waals surface area contributed by atoms with E-state index in [-0.39, 0.29) is 106 Å². The van der Waals surface area contributed by atoms with E-state index in [0.717, 1.165) is 36.7 Å². The predicted octanol–water partition coefficient (Wildman–Crippen LogP) is 11.5. The summed E-state index contributed by atoms with van der Waals surface area (Å²) in [5, 5.41) is 20.3. The number of alkyl halides is 9. The van der Waals surface area contributed by atoms with Crippen LogP contribution in [-0.2, 0) is 39.5 Å². The fraction of sp³-hybridized carbons (Fsp3) is 0.328. The third-order valence-corrected chi connectivity index (χ3v) is 12.7. The molecule has 3 fully saturated rings. The van der Waals surface area contributed by atoms with Crippen molar-refractivity contribution in [1.82, 2.24) is 15.1 Å². The van der Waals surface area contributed by atoms with E-state index in [2.05, 4.69) is 5.32 Å². The molecule has 9 rings (SSSR count). The van der Waals surface area contributed by atoms with Gasteiger partial charge in [0.15, 0.2) is 19.8 Å². The minimum atomic E-state index is -4.50. The minimum Gasteiger partial charge on any atom is -0.488 e. The number of hydrogen-bond donors (Lipinski definition) is 3. The Balaban J connectivity index is 0.000000258. The van der Waals surface area contributed by atoms with E-state index in [4.69, 9.17) is 38.6 Å². The maximum absolute atomic E-state index is 13.1. The summed E-state index contributed by atoms with van der Waals surface area (Å²) in [6, 6.07) is 34.6. The first-order chi connectivity index (χ1) is 40.5. The Morgan fingerprint density at radius 3 is 1.17 bits per heavy atom. The molecule has 0 aromatic heterocycles. The van der Waals surface area contributed by atoms with Crippen LogP contribution in [0.25, 0.3) is 0 Å². The van der Waals surface area contributed by atoms with Crippen molar-refractivity contribution in [3.63, 3.8) is 0 Å². The number of likely N-dealkylation sites (tertiary alicyclic amines) is 2. The Hall–Kier alpha value is -8.11. The molecular weight excluding hydrogens is 1280 g/mol. The van der Waals surface area contributed by atoms with Gasteiger partial charge in [0.2, 0.25) is 0 Å². The van der Waals surface area contributed by atoms with Crippen molar-refractivity contribution in [2.24, 2.45) is 0 Å². The van der Waals surface area contributed by atoms with Crippen molar-refractivity contribution in [3.05, 3.63) is 179 Å². The Kier molecular flexibility index (Phi) is 28.1. The number of carboxylic acid groups (broad SMARTS) is 1. The van der Waals surface area contributed by atoms with Crippen molar-refractivity contribution in [2.75, 3.05) is 59.1 Å². The highest BCUT2D eigenvalue weighted by Crippen LogP contribution is 2.39. The topological polar surface area (TPSA) is 200 Å². The van der Waals surface area contributed by atoms with E-state index in [1.165, 1.54) is 58.3 Å². The van der Waals surface area contributed by atoms with E-state index < -0.39 is 53.4 Å². The lowest BCUT2D eigenvalue weighted by molar-refractivity contribution is -0.140. The first-order valence-corrected chi connectivity index (χ1v) is 26.2. The quantitative estimate of drug-likeness (QED) is 0.0417. The van der Waals surface area contributed by atoms with Gasteiger partial charge in [-0.3, -0.25) is 19.2 Å². The van der Waals surface area contributed by atoms with Gasteiger partial charge in [-0.1, -0.05) is 56.0 Å².